The van der Waals surface area contributed by atoms with Gasteiger partial charge in [-0.15, -0.1) is 11.3 Å². The zero-order chi connectivity index (χ0) is 16.6. The number of nitrogens with zero attached hydrogens (tertiary/aromatic N) is 1. The summed E-state index contributed by atoms with van der Waals surface area (Å²) in [7, 11) is 0. The second kappa shape index (κ2) is 8.26. The van der Waals surface area contributed by atoms with Crippen LogP contribution in [0.25, 0.3) is 10.6 Å². The van der Waals surface area contributed by atoms with Crippen LogP contribution in [0.2, 0.25) is 0 Å². The molecule has 0 unspecified atom stereocenters. The largest absolute Gasteiger partial charge is 0.494 e. The fraction of sp³-hybridized carbons (Fsp3) is 0.158. The summed E-state index contributed by atoms with van der Waals surface area (Å²) in [6.07, 6.45) is 2.90. The van der Waals surface area contributed by atoms with Crippen molar-refractivity contribution in [1.29, 1.82) is 0 Å². The number of carbonyl (C=O) groups is 1. The minimum absolute atomic E-state index is 0.00587. The molecule has 3 aromatic rings. The first-order valence-corrected chi connectivity index (χ1v) is 8.67. The smallest absolute Gasteiger partial charge is 0.224 e. The van der Waals surface area contributed by atoms with Gasteiger partial charge in [0.1, 0.15) is 10.8 Å². The third kappa shape index (κ3) is 4.67. The van der Waals surface area contributed by atoms with E-state index in [1.165, 1.54) is 0 Å². The Hall–Kier alpha value is -2.66. The first kappa shape index (κ1) is 16.2. The van der Waals surface area contributed by atoms with Crippen LogP contribution in [0.15, 0.2) is 66.2 Å². The number of anilines is 1. The van der Waals surface area contributed by atoms with E-state index in [1.54, 1.807) is 17.5 Å². The number of para-hydroxylation sites is 1. The monoisotopic (exact) mass is 338 g/mol. The van der Waals surface area contributed by atoms with Crippen molar-refractivity contribution in [2.45, 2.75) is 12.8 Å². The number of benzene rings is 2. The summed E-state index contributed by atoms with van der Waals surface area (Å²) in [4.78, 5) is 16.2. The number of carbonyl (C=O) groups excluding carboxylic acids is 1. The standard InChI is InChI=1S/C19H18N2O2S/c22-18(7-4-13-23-17-5-2-1-3-6-17)21-16-10-8-15(9-11-16)19-20-12-14-24-19/h1-3,5-6,8-12,14H,4,7,13H2,(H,21,22). The first-order chi connectivity index (χ1) is 11.8. The summed E-state index contributed by atoms with van der Waals surface area (Å²) in [5.74, 6) is 0.823. The zero-order valence-electron chi connectivity index (χ0n) is 13.1. The maximum Gasteiger partial charge on any atom is 0.224 e. The predicted octanol–water partition coefficient (Wildman–Crippen LogP) is 4.61. The number of hydrogen-bond donors (Lipinski definition) is 1. The van der Waals surface area contributed by atoms with Gasteiger partial charge < -0.3 is 10.1 Å². The number of nitrogens with one attached hydrogen (secondary N) is 1. The van der Waals surface area contributed by atoms with Crippen molar-refractivity contribution in [3.63, 3.8) is 0 Å². The third-order valence-electron chi connectivity index (χ3n) is 3.41. The van der Waals surface area contributed by atoms with Gasteiger partial charge in [0.05, 0.1) is 6.61 Å². The Kier molecular flexibility index (Phi) is 5.58. The lowest BCUT2D eigenvalue weighted by Gasteiger charge is -2.07. The molecule has 0 atom stereocenters. The van der Waals surface area contributed by atoms with E-state index >= 15 is 0 Å². The molecule has 1 amide bonds. The van der Waals surface area contributed by atoms with E-state index < -0.39 is 0 Å². The number of amides is 1. The van der Waals surface area contributed by atoms with Crippen molar-refractivity contribution in [1.82, 2.24) is 4.98 Å². The van der Waals surface area contributed by atoms with Crippen LogP contribution < -0.4 is 10.1 Å². The molecule has 0 radical (unpaired) electrons. The van der Waals surface area contributed by atoms with E-state index in [2.05, 4.69) is 10.3 Å². The van der Waals surface area contributed by atoms with Gasteiger partial charge in [-0.25, -0.2) is 4.98 Å². The summed E-state index contributed by atoms with van der Waals surface area (Å²) in [5, 5.41) is 5.83. The van der Waals surface area contributed by atoms with Gasteiger partial charge in [0.2, 0.25) is 5.91 Å². The molecule has 0 aliphatic carbocycles. The Morgan fingerprint density at radius 2 is 1.88 bits per heavy atom. The van der Waals surface area contributed by atoms with Crippen molar-refractivity contribution >= 4 is 22.9 Å². The molecular weight excluding hydrogens is 320 g/mol. The van der Waals surface area contributed by atoms with Crippen LogP contribution in [0.5, 0.6) is 5.75 Å². The zero-order valence-corrected chi connectivity index (χ0v) is 14.0. The quantitative estimate of drug-likeness (QED) is 0.640. The van der Waals surface area contributed by atoms with E-state index in [0.29, 0.717) is 19.4 Å². The Balaban J connectivity index is 1.42. The summed E-state index contributed by atoms with van der Waals surface area (Å²) < 4.78 is 5.58. The third-order valence-corrected chi connectivity index (χ3v) is 4.23. The highest BCUT2D eigenvalue weighted by Crippen LogP contribution is 2.23. The van der Waals surface area contributed by atoms with E-state index in [1.807, 2.05) is 60.0 Å². The molecule has 1 aromatic heterocycles. The molecule has 0 spiro atoms. The van der Waals surface area contributed by atoms with Crippen LogP contribution in [0, 0.1) is 0 Å². The summed E-state index contributed by atoms with van der Waals surface area (Å²) in [6.45, 7) is 0.528. The minimum Gasteiger partial charge on any atom is -0.494 e. The lowest BCUT2D eigenvalue weighted by Crippen LogP contribution is -2.12. The number of thiazole rings is 1. The van der Waals surface area contributed by atoms with Gasteiger partial charge in [-0.3, -0.25) is 4.79 Å². The molecule has 24 heavy (non-hydrogen) atoms. The fourth-order valence-corrected chi connectivity index (χ4v) is 2.87. The van der Waals surface area contributed by atoms with E-state index in [4.69, 9.17) is 4.74 Å². The average molecular weight is 338 g/mol. The van der Waals surface area contributed by atoms with Crippen LogP contribution in [0.1, 0.15) is 12.8 Å². The second-order valence-corrected chi connectivity index (χ2v) is 6.12. The highest BCUT2D eigenvalue weighted by Gasteiger charge is 2.04. The van der Waals surface area contributed by atoms with Crippen LogP contribution in [0.3, 0.4) is 0 Å². The van der Waals surface area contributed by atoms with E-state index in [9.17, 15) is 4.79 Å². The van der Waals surface area contributed by atoms with Gasteiger partial charge in [0.25, 0.3) is 0 Å². The molecule has 1 N–H and O–H groups in total. The molecular formula is C19H18N2O2S. The minimum atomic E-state index is -0.00587. The number of hydrogen-bond acceptors (Lipinski definition) is 4. The Labute approximate surface area is 145 Å². The fourth-order valence-electron chi connectivity index (χ4n) is 2.23. The van der Waals surface area contributed by atoms with Crippen LogP contribution in [-0.4, -0.2) is 17.5 Å². The lowest BCUT2D eigenvalue weighted by molar-refractivity contribution is -0.116. The maximum atomic E-state index is 12.0. The van der Waals surface area contributed by atoms with Crippen molar-refractivity contribution in [2.24, 2.45) is 0 Å². The van der Waals surface area contributed by atoms with Crippen LogP contribution in [0.4, 0.5) is 5.69 Å². The molecule has 2 aromatic carbocycles. The van der Waals surface area contributed by atoms with Crippen molar-refractivity contribution in [3.05, 3.63) is 66.2 Å². The highest BCUT2D eigenvalue weighted by atomic mass is 32.1. The average Bonchev–Trinajstić information content (AvgIpc) is 3.15. The molecule has 0 aliphatic rings. The first-order valence-electron chi connectivity index (χ1n) is 7.79. The van der Waals surface area contributed by atoms with E-state index in [-0.39, 0.29) is 5.91 Å². The van der Waals surface area contributed by atoms with Crippen LogP contribution >= 0.6 is 11.3 Å². The molecule has 0 saturated carbocycles. The lowest BCUT2D eigenvalue weighted by atomic mass is 10.2. The molecule has 0 saturated heterocycles. The summed E-state index contributed by atoms with van der Waals surface area (Å²) >= 11 is 1.60. The number of ether oxygens (including phenoxy) is 1. The molecule has 4 nitrogen and oxygen atoms in total. The predicted molar refractivity (Wildman–Crippen MR) is 97.4 cm³/mol. The normalized spacial score (nSPS) is 10.3. The Morgan fingerprint density at radius 3 is 2.58 bits per heavy atom. The summed E-state index contributed by atoms with van der Waals surface area (Å²) in [5.41, 5.74) is 1.85. The van der Waals surface area contributed by atoms with E-state index in [0.717, 1.165) is 22.0 Å². The Bertz CT molecular complexity index is 756. The SMILES string of the molecule is O=C(CCCOc1ccccc1)Nc1ccc(-c2nccs2)cc1. The van der Waals surface area contributed by atoms with Gasteiger partial charge in [0.15, 0.2) is 0 Å². The van der Waals surface area contributed by atoms with Crippen molar-refractivity contribution in [2.75, 3.05) is 11.9 Å². The molecule has 3 rings (SSSR count). The Morgan fingerprint density at radius 1 is 1.08 bits per heavy atom. The molecule has 122 valence electrons. The van der Waals surface area contributed by atoms with Gasteiger partial charge in [-0.2, -0.15) is 0 Å². The van der Waals surface area contributed by atoms with Gasteiger partial charge in [-0.05, 0) is 42.8 Å². The number of aromatic nitrogens is 1. The van der Waals surface area contributed by atoms with Crippen LogP contribution in [-0.2, 0) is 4.79 Å². The summed E-state index contributed by atoms with van der Waals surface area (Å²) in [6, 6.07) is 17.3. The topological polar surface area (TPSA) is 51.2 Å². The number of rotatable bonds is 7. The van der Waals surface area contributed by atoms with Crippen molar-refractivity contribution < 1.29 is 9.53 Å². The highest BCUT2D eigenvalue weighted by molar-refractivity contribution is 7.13. The van der Waals surface area contributed by atoms with Crippen molar-refractivity contribution in [3.8, 4) is 16.3 Å². The molecule has 1 heterocycles. The van der Waals surface area contributed by atoms with Gasteiger partial charge in [0, 0.05) is 29.2 Å². The molecule has 0 aliphatic heterocycles. The molecule has 5 heteroatoms. The molecule has 0 fully saturated rings. The molecule has 0 bridgehead atoms. The van der Waals surface area contributed by atoms with Gasteiger partial charge >= 0.3 is 0 Å². The van der Waals surface area contributed by atoms with Gasteiger partial charge in [-0.1, -0.05) is 18.2 Å². The maximum absolute atomic E-state index is 12.0. The second-order valence-electron chi connectivity index (χ2n) is 5.23.